The van der Waals surface area contributed by atoms with E-state index >= 15 is 0 Å². The Morgan fingerprint density at radius 3 is 2.03 bits per heavy atom. The molecule has 0 aliphatic heterocycles. The Morgan fingerprint density at radius 2 is 1.52 bits per heavy atom. The topological polar surface area (TPSA) is 84.5 Å². The highest BCUT2D eigenvalue weighted by molar-refractivity contribution is 5.95. The van der Waals surface area contributed by atoms with Gasteiger partial charge in [-0.1, -0.05) is 44.2 Å². The minimum absolute atomic E-state index is 0.224. The monoisotopic (exact) mass is 472 g/mol. The van der Waals surface area contributed by atoms with Gasteiger partial charge in [0.2, 0.25) is 5.91 Å². The second kappa shape index (κ2) is 10.9. The van der Waals surface area contributed by atoms with Gasteiger partial charge in [0, 0.05) is 18.2 Å². The average molecular weight is 472 g/mol. The molecule has 2 aromatic carbocycles. The fourth-order valence-electron chi connectivity index (χ4n) is 2.86. The first kappa shape index (κ1) is 25.8. The molecular weight excluding hydrogens is 451 g/mol. The zero-order valence-corrected chi connectivity index (χ0v) is 17.6. The molecule has 0 saturated heterocycles. The minimum atomic E-state index is -5.16. The first-order chi connectivity index (χ1) is 15.4. The summed E-state index contributed by atoms with van der Waals surface area (Å²) in [5.74, 6) is -7.10. The van der Waals surface area contributed by atoms with E-state index in [0.29, 0.717) is 6.07 Å². The number of nitrogens with one attached hydrogen (secondary N) is 2. The van der Waals surface area contributed by atoms with Gasteiger partial charge in [-0.15, -0.1) is 0 Å². The predicted octanol–water partition coefficient (Wildman–Crippen LogP) is 3.47. The predicted molar refractivity (Wildman–Crippen MR) is 107 cm³/mol. The third kappa shape index (κ3) is 7.55. The van der Waals surface area contributed by atoms with Crippen LogP contribution in [0.1, 0.15) is 25.5 Å². The first-order valence-corrected chi connectivity index (χ1v) is 9.73. The summed E-state index contributed by atoms with van der Waals surface area (Å²) < 4.78 is 70.3. The third-order valence-corrected chi connectivity index (χ3v) is 4.43. The van der Waals surface area contributed by atoms with Crippen molar-refractivity contribution in [1.29, 1.82) is 0 Å². The van der Waals surface area contributed by atoms with Crippen LogP contribution in [0.15, 0.2) is 48.5 Å². The smallest absolute Gasteiger partial charge is 0.452 e. The van der Waals surface area contributed by atoms with Gasteiger partial charge in [0.1, 0.15) is 23.4 Å². The summed E-state index contributed by atoms with van der Waals surface area (Å²) in [6.45, 7) is 1.92. The van der Waals surface area contributed by atoms with E-state index in [1.54, 1.807) is 6.07 Å². The Morgan fingerprint density at radius 1 is 0.939 bits per heavy atom. The van der Waals surface area contributed by atoms with Crippen LogP contribution in [0.4, 0.5) is 22.0 Å². The van der Waals surface area contributed by atoms with Crippen LogP contribution in [0.2, 0.25) is 0 Å². The van der Waals surface area contributed by atoms with Crippen LogP contribution in [0, 0.1) is 17.6 Å². The maximum Gasteiger partial charge on any atom is 0.452 e. The van der Waals surface area contributed by atoms with Crippen molar-refractivity contribution in [3.8, 4) is 5.75 Å². The fraction of sp³-hybridized carbons (Fsp3) is 0.318. The van der Waals surface area contributed by atoms with E-state index in [1.807, 2.05) is 0 Å². The standard InChI is InChI=1S/C22H21F5N2O4/c1-12(2)18(20(31)22(25,26)27)29-21(32)19(13-6-4-3-5-7-13)28-17(30)11-33-16-9-14(23)8-15(24)10-16/h3-10,12,18-19H,11H2,1-2H3,(H,28,30)(H,29,32)/t18-,19?/m0/s1. The van der Waals surface area contributed by atoms with Gasteiger partial charge in [-0.05, 0) is 11.5 Å². The number of amides is 2. The highest BCUT2D eigenvalue weighted by atomic mass is 19.4. The molecule has 0 spiro atoms. The number of ether oxygens (including phenoxy) is 1. The Hall–Kier alpha value is -3.50. The SMILES string of the molecule is CC(C)[C@H](NC(=O)C(NC(=O)COc1cc(F)cc(F)c1)c1ccccc1)C(=O)C(F)(F)F. The molecule has 2 aromatic rings. The Bertz CT molecular complexity index is 976. The van der Waals surface area contributed by atoms with Crippen LogP contribution < -0.4 is 15.4 Å². The Labute approximate surface area is 186 Å². The molecule has 0 aliphatic carbocycles. The molecule has 0 saturated carbocycles. The number of alkyl halides is 3. The quantitative estimate of drug-likeness (QED) is 0.548. The fourth-order valence-corrected chi connectivity index (χ4v) is 2.86. The van der Waals surface area contributed by atoms with Crippen molar-refractivity contribution in [2.24, 2.45) is 5.92 Å². The number of benzene rings is 2. The number of carbonyl (C=O) groups is 3. The van der Waals surface area contributed by atoms with Gasteiger partial charge in [-0.3, -0.25) is 14.4 Å². The van der Waals surface area contributed by atoms with Gasteiger partial charge in [-0.2, -0.15) is 13.2 Å². The summed E-state index contributed by atoms with van der Waals surface area (Å²) in [7, 11) is 0. The van der Waals surface area contributed by atoms with E-state index < -0.39 is 60.0 Å². The number of rotatable bonds is 9. The molecule has 178 valence electrons. The first-order valence-electron chi connectivity index (χ1n) is 9.73. The zero-order valence-electron chi connectivity index (χ0n) is 17.6. The number of ketones is 1. The van der Waals surface area contributed by atoms with Crippen molar-refractivity contribution in [1.82, 2.24) is 10.6 Å². The van der Waals surface area contributed by atoms with Crippen molar-refractivity contribution >= 4 is 17.6 Å². The number of carbonyl (C=O) groups excluding carboxylic acids is 3. The molecule has 33 heavy (non-hydrogen) atoms. The largest absolute Gasteiger partial charge is 0.484 e. The number of hydrogen-bond acceptors (Lipinski definition) is 4. The maximum absolute atomic E-state index is 13.2. The van der Waals surface area contributed by atoms with Crippen LogP contribution >= 0.6 is 0 Å². The van der Waals surface area contributed by atoms with Crippen molar-refractivity contribution in [3.05, 3.63) is 65.7 Å². The van der Waals surface area contributed by atoms with Crippen LogP contribution in [0.25, 0.3) is 0 Å². The molecule has 2 amide bonds. The summed E-state index contributed by atoms with van der Waals surface area (Å²) in [5.41, 5.74) is 0.224. The van der Waals surface area contributed by atoms with Gasteiger partial charge in [0.05, 0.1) is 6.04 Å². The van der Waals surface area contributed by atoms with E-state index in [4.69, 9.17) is 4.74 Å². The van der Waals surface area contributed by atoms with Gasteiger partial charge >= 0.3 is 6.18 Å². The van der Waals surface area contributed by atoms with Gasteiger partial charge < -0.3 is 15.4 Å². The van der Waals surface area contributed by atoms with Crippen molar-refractivity contribution < 1.29 is 41.1 Å². The van der Waals surface area contributed by atoms with Crippen LogP contribution in [0.5, 0.6) is 5.75 Å². The van der Waals surface area contributed by atoms with Crippen LogP contribution in [-0.4, -0.2) is 36.4 Å². The Balaban J connectivity index is 2.18. The molecule has 0 radical (unpaired) electrons. The summed E-state index contributed by atoms with van der Waals surface area (Å²) >= 11 is 0. The van der Waals surface area contributed by atoms with Crippen LogP contribution in [-0.2, 0) is 14.4 Å². The number of hydrogen-bond donors (Lipinski definition) is 2. The summed E-state index contributed by atoms with van der Waals surface area (Å²) in [5, 5.41) is 4.35. The Kier molecular flexibility index (Phi) is 8.50. The second-order valence-corrected chi connectivity index (χ2v) is 7.40. The summed E-state index contributed by atoms with van der Waals surface area (Å²) in [6, 6.07) is 6.54. The average Bonchev–Trinajstić information content (AvgIpc) is 2.72. The molecular formula is C22H21F5N2O4. The van der Waals surface area contributed by atoms with E-state index in [0.717, 1.165) is 12.1 Å². The van der Waals surface area contributed by atoms with Crippen molar-refractivity contribution in [2.45, 2.75) is 32.1 Å². The van der Waals surface area contributed by atoms with Gasteiger partial charge in [-0.25, -0.2) is 8.78 Å². The number of halogens is 5. The van der Waals surface area contributed by atoms with Crippen molar-refractivity contribution in [3.63, 3.8) is 0 Å². The normalized spacial score (nSPS) is 13.2. The van der Waals surface area contributed by atoms with E-state index in [1.165, 1.54) is 38.1 Å². The number of Topliss-reactive ketones (excluding diaryl/α,β-unsaturated/α-hetero) is 1. The molecule has 0 heterocycles. The van der Waals surface area contributed by atoms with Gasteiger partial charge in [0.15, 0.2) is 6.61 Å². The van der Waals surface area contributed by atoms with E-state index in [9.17, 15) is 36.3 Å². The molecule has 2 atom stereocenters. The zero-order chi connectivity index (χ0) is 24.8. The lowest BCUT2D eigenvalue weighted by Gasteiger charge is -2.26. The lowest BCUT2D eigenvalue weighted by Crippen LogP contribution is -2.53. The molecule has 0 aromatic heterocycles. The highest BCUT2D eigenvalue weighted by Crippen LogP contribution is 2.22. The minimum Gasteiger partial charge on any atom is -0.484 e. The van der Waals surface area contributed by atoms with E-state index in [-0.39, 0.29) is 11.3 Å². The molecule has 11 heteroatoms. The summed E-state index contributed by atoms with van der Waals surface area (Å²) in [4.78, 5) is 36.9. The van der Waals surface area contributed by atoms with Gasteiger partial charge in [0.25, 0.3) is 11.7 Å². The maximum atomic E-state index is 13.2. The molecule has 0 aliphatic rings. The summed E-state index contributed by atoms with van der Waals surface area (Å²) in [6.07, 6.45) is -5.16. The second-order valence-electron chi connectivity index (χ2n) is 7.40. The molecule has 0 bridgehead atoms. The lowest BCUT2D eigenvalue weighted by atomic mass is 9.98. The van der Waals surface area contributed by atoms with Crippen LogP contribution in [0.3, 0.4) is 0 Å². The molecule has 6 nitrogen and oxygen atoms in total. The molecule has 1 unspecified atom stereocenters. The molecule has 2 rings (SSSR count). The van der Waals surface area contributed by atoms with E-state index in [2.05, 4.69) is 10.6 Å². The third-order valence-electron chi connectivity index (χ3n) is 4.43. The molecule has 0 fully saturated rings. The highest BCUT2D eigenvalue weighted by Gasteiger charge is 2.45. The lowest BCUT2D eigenvalue weighted by molar-refractivity contribution is -0.175. The van der Waals surface area contributed by atoms with Crippen molar-refractivity contribution in [2.75, 3.05) is 6.61 Å². The molecule has 2 N–H and O–H groups in total.